The van der Waals surface area contributed by atoms with Gasteiger partial charge in [-0.15, -0.1) is 0 Å². The van der Waals surface area contributed by atoms with Gasteiger partial charge in [-0.05, 0) is 34.3 Å². The Kier molecular flexibility index (Phi) is 3.18. The summed E-state index contributed by atoms with van der Waals surface area (Å²) in [6, 6.07) is 2.79. The molecule has 2 aliphatic heterocycles. The Hall–Kier alpha value is -1.21. The highest BCUT2D eigenvalue weighted by Gasteiger charge is 2.40. The largest absolute Gasteiger partial charge is 0.361 e. The highest BCUT2D eigenvalue weighted by atomic mass is 79.9. The molecule has 0 amide bonds. The second-order valence-corrected chi connectivity index (χ2v) is 5.83. The molecule has 0 saturated carbocycles. The van der Waals surface area contributed by atoms with Crippen molar-refractivity contribution in [2.45, 2.75) is 12.5 Å². The first-order chi connectivity index (χ1) is 9.08. The summed E-state index contributed by atoms with van der Waals surface area (Å²) >= 11 is 3.11. The van der Waals surface area contributed by atoms with E-state index in [1.807, 2.05) is 4.90 Å². The van der Waals surface area contributed by atoms with Crippen LogP contribution < -0.4 is 10.2 Å². The summed E-state index contributed by atoms with van der Waals surface area (Å²) in [6.45, 7) is 2.57. The fraction of sp³-hybridized carbons (Fsp3) is 0.500. The standard InChI is InChI=1S/C12H13BrFN3O2/c13-8-3-10(11(17(18)19)4-9(8)14)16-2-1-7-5-15-6-12(7)16/h3-4,7,12,15H,1-2,5-6H2/t7-,12+/m0/s1. The number of hydrogen-bond donors (Lipinski definition) is 1. The maximum atomic E-state index is 13.5. The predicted molar refractivity (Wildman–Crippen MR) is 72.9 cm³/mol. The lowest BCUT2D eigenvalue weighted by atomic mass is 10.0. The zero-order chi connectivity index (χ0) is 13.6. The minimum atomic E-state index is -0.601. The predicted octanol–water partition coefficient (Wildman–Crippen LogP) is 2.29. The van der Waals surface area contributed by atoms with Crippen molar-refractivity contribution in [1.82, 2.24) is 5.32 Å². The van der Waals surface area contributed by atoms with Gasteiger partial charge < -0.3 is 10.2 Å². The van der Waals surface area contributed by atoms with Gasteiger partial charge in [0.15, 0.2) is 0 Å². The van der Waals surface area contributed by atoms with Gasteiger partial charge in [0.05, 0.1) is 15.5 Å². The van der Waals surface area contributed by atoms with Crippen molar-refractivity contribution in [2.24, 2.45) is 5.92 Å². The van der Waals surface area contributed by atoms with Gasteiger partial charge in [-0.3, -0.25) is 10.1 Å². The van der Waals surface area contributed by atoms with Crippen LogP contribution in [0.1, 0.15) is 6.42 Å². The van der Waals surface area contributed by atoms with E-state index in [-0.39, 0.29) is 16.2 Å². The summed E-state index contributed by atoms with van der Waals surface area (Å²) < 4.78 is 13.8. The molecule has 0 aromatic heterocycles. The van der Waals surface area contributed by atoms with Gasteiger partial charge >= 0.3 is 0 Å². The normalized spacial score (nSPS) is 25.7. The molecule has 0 unspecified atom stereocenters. The third-order valence-corrected chi connectivity index (χ3v) is 4.58. The minimum absolute atomic E-state index is 0.159. The van der Waals surface area contributed by atoms with E-state index in [0.29, 0.717) is 11.6 Å². The molecule has 2 fully saturated rings. The topological polar surface area (TPSA) is 58.4 Å². The number of nitrogens with one attached hydrogen (secondary N) is 1. The first kappa shape index (κ1) is 12.8. The number of nitrogens with zero attached hydrogens (tertiary/aromatic N) is 2. The fourth-order valence-electron chi connectivity index (χ4n) is 3.05. The smallest absolute Gasteiger partial charge is 0.295 e. The van der Waals surface area contributed by atoms with Gasteiger partial charge in [0.25, 0.3) is 5.69 Å². The van der Waals surface area contributed by atoms with Crippen molar-refractivity contribution in [3.63, 3.8) is 0 Å². The van der Waals surface area contributed by atoms with Crippen LogP contribution in [0.5, 0.6) is 0 Å². The molecule has 3 rings (SSSR count). The molecule has 0 bridgehead atoms. The zero-order valence-electron chi connectivity index (χ0n) is 10.1. The van der Waals surface area contributed by atoms with Crippen LogP contribution in [-0.4, -0.2) is 30.6 Å². The number of halogens is 2. The minimum Gasteiger partial charge on any atom is -0.361 e. The molecule has 0 radical (unpaired) electrons. The van der Waals surface area contributed by atoms with Crippen molar-refractivity contribution in [1.29, 1.82) is 0 Å². The maximum absolute atomic E-state index is 13.5. The Balaban J connectivity index is 2.04. The van der Waals surface area contributed by atoms with Crippen molar-refractivity contribution in [2.75, 3.05) is 24.5 Å². The molecule has 2 heterocycles. The molecule has 5 nitrogen and oxygen atoms in total. The van der Waals surface area contributed by atoms with E-state index < -0.39 is 10.7 Å². The van der Waals surface area contributed by atoms with Gasteiger partial charge in [0.1, 0.15) is 11.5 Å². The van der Waals surface area contributed by atoms with Crippen LogP contribution in [0.4, 0.5) is 15.8 Å². The second-order valence-electron chi connectivity index (χ2n) is 4.98. The van der Waals surface area contributed by atoms with E-state index in [1.54, 1.807) is 0 Å². The van der Waals surface area contributed by atoms with Gasteiger partial charge in [0.2, 0.25) is 0 Å². The maximum Gasteiger partial charge on any atom is 0.295 e. The van der Waals surface area contributed by atoms with E-state index in [1.165, 1.54) is 6.07 Å². The van der Waals surface area contributed by atoms with Crippen molar-refractivity contribution >= 4 is 27.3 Å². The molecule has 1 N–H and O–H groups in total. The van der Waals surface area contributed by atoms with Crippen LogP contribution in [0.15, 0.2) is 16.6 Å². The molecule has 1 aromatic rings. The van der Waals surface area contributed by atoms with Crippen LogP contribution in [0, 0.1) is 21.8 Å². The van der Waals surface area contributed by atoms with Crippen molar-refractivity contribution in [3.05, 3.63) is 32.5 Å². The summed E-state index contributed by atoms with van der Waals surface area (Å²) in [5.41, 5.74) is 0.350. The Morgan fingerprint density at radius 2 is 2.26 bits per heavy atom. The van der Waals surface area contributed by atoms with Crippen molar-refractivity contribution < 1.29 is 9.31 Å². The molecular formula is C12H13BrFN3O2. The molecular weight excluding hydrogens is 317 g/mol. The summed E-state index contributed by atoms with van der Waals surface area (Å²) in [5, 5.41) is 14.4. The quantitative estimate of drug-likeness (QED) is 0.668. The molecule has 2 atom stereocenters. The second kappa shape index (κ2) is 4.72. The van der Waals surface area contributed by atoms with E-state index >= 15 is 0 Å². The Bertz CT molecular complexity index is 540. The van der Waals surface area contributed by atoms with Gasteiger partial charge in [0, 0.05) is 25.7 Å². The first-order valence-electron chi connectivity index (χ1n) is 6.18. The lowest BCUT2D eigenvalue weighted by Gasteiger charge is -2.25. The average molecular weight is 330 g/mol. The Labute approximate surface area is 118 Å². The fourth-order valence-corrected chi connectivity index (χ4v) is 3.38. The molecule has 2 saturated heterocycles. The van der Waals surface area contributed by atoms with Gasteiger partial charge in [-0.25, -0.2) is 4.39 Å². The number of anilines is 1. The van der Waals surface area contributed by atoms with Crippen molar-refractivity contribution in [3.8, 4) is 0 Å². The molecule has 2 aliphatic rings. The summed E-state index contributed by atoms with van der Waals surface area (Å²) in [4.78, 5) is 12.6. The molecule has 0 aliphatic carbocycles. The third-order valence-electron chi connectivity index (χ3n) is 3.97. The van der Waals surface area contributed by atoms with E-state index in [9.17, 15) is 14.5 Å². The number of nitro groups is 1. The van der Waals surface area contributed by atoms with Crippen LogP contribution in [-0.2, 0) is 0 Å². The van der Waals surface area contributed by atoms with Crippen LogP contribution >= 0.6 is 15.9 Å². The Morgan fingerprint density at radius 1 is 1.47 bits per heavy atom. The number of rotatable bonds is 2. The zero-order valence-corrected chi connectivity index (χ0v) is 11.7. The highest BCUT2D eigenvalue weighted by molar-refractivity contribution is 9.10. The molecule has 102 valence electrons. The summed E-state index contributed by atoms with van der Waals surface area (Å²) in [7, 11) is 0. The third kappa shape index (κ3) is 2.10. The summed E-state index contributed by atoms with van der Waals surface area (Å²) in [6.07, 6.45) is 1.02. The number of fused-ring (bicyclic) bond motifs is 1. The average Bonchev–Trinajstić information content (AvgIpc) is 2.94. The molecule has 0 spiro atoms. The van der Waals surface area contributed by atoms with Crippen LogP contribution in [0.25, 0.3) is 0 Å². The number of nitro benzene ring substituents is 1. The molecule has 1 aromatic carbocycles. The van der Waals surface area contributed by atoms with Gasteiger partial charge in [-0.1, -0.05) is 0 Å². The van der Waals surface area contributed by atoms with E-state index in [0.717, 1.165) is 32.1 Å². The first-order valence-corrected chi connectivity index (χ1v) is 6.98. The summed E-state index contributed by atoms with van der Waals surface area (Å²) in [5.74, 6) is -0.0702. The van der Waals surface area contributed by atoms with Crippen LogP contribution in [0.3, 0.4) is 0 Å². The molecule has 7 heteroatoms. The van der Waals surface area contributed by atoms with Crippen LogP contribution in [0.2, 0.25) is 0 Å². The number of benzene rings is 1. The Morgan fingerprint density at radius 3 is 3.00 bits per heavy atom. The van der Waals surface area contributed by atoms with Gasteiger partial charge in [-0.2, -0.15) is 0 Å². The highest BCUT2D eigenvalue weighted by Crippen LogP contribution is 2.39. The molecule has 19 heavy (non-hydrogen) atoms. The lowest BCUT2D eigenvalue weighted by molar-refractivity contribution is -0.384. The number of hydrogen-bond acceptors (Lipinski definition) is 4. The SMILES string of the molecule is O=[N+]([O-])c1cc(F)c(Br)cc1N1CC[C@H]2CNC[C@H]21. The lowest BCUT2D eigenvalue weighted by Crippen LogP contribution is -2.34. The van der Waals surface area contributed by atoms with E-state index in [4.69, 9.17) is 0 Å². The van der Waals surface area contributed by atoms with E-state index in [2.05, 4.69) is 21.2 Å². The monoisotopic (exact) mass is 329 g/mol.